The molecule has 3 rings (SSSR count). The van der Waals surface area contributed by atoms with Crippen molar-refractivity contribution in [3.63, 3.8) is 0 Å². The fourth-order valence-electron chi connectivity index (χ4n) is 2.40. The van der Waals surface area contributed by atoms with Gasteiger partial charge in [0.05, 0.1) is 29.3 Å². The topological polar surface area (TPSA) is 115 Å². The molecule has 3 aromatic heterocycles. The Labute approximate surface area is 155 Å². The number of hydrogen-bond donors (Lipinski definition) is 2. The highest BCUT2D eigenvalue weighted by Gasteiger charge is 2.24. The largest absolute Gasteiger partial charge is 0.455 e. The molecule has 0 radical (unpaired) electrons. The number of aromatic nitrogens is 5. The van der Waals surface area contributed by atoms with Gasteiger partial charge in [0.25, 0.3) is 5.91 Å². The SMILES string of the molecule is Cc1c(C(=O)Nc2cn[nH]c2C(=O)OC(C)(C)C)cnn1-c1ccccn1. The lowest BCUT2D eigenvalue weighted by Gasteiger charge is -2.19. The van der Waals surface area contributed by atoms with Gasteiger partial charge >= 0.3 is 5.97 Å². The number of pyridine rings is 1. The van der Waals surface area contributed by atoms with Gasteiger partial charge < -0.3 is 10.1 Å². The predicted molar refractivity (Wildman–Crippen MR) is 97.8 cm³/mol. The first-order chi connectivity index (χ1) is 12.8. The van der Waals surface area contributed by atoms with Crippen molar-refractivity contribution in [1.29, 1.82) is 0 Å². The van der Waals surface area contributed by atoms with Gasteiger partial charge in [-0.2, -0.15) is 10.2 Å². The molecule has 0 atom stereocenters. The quantitative estimate of drug-likeness (QED) is 0.684. The summed E-state index contributed by atoms with van der Waals surface area (Å²) in [6.45, 7) is 7.04. The highest BCUT2D eigenvalue weighted by Crippen LogP contribution is 2.19. The number of esters is 1. The first kappa shape index (κ1) is 18.3. The number of carbonyl (C=O) groups excluding carboxylic acids is 2. The van der Waals surface area contributed by atoms with Crippen molar-refractivity contribution in [1.82, 2.24) is 25.0 Å². The summed E-state index contributed by atoms with van der Waals surface area (Å²) >= 11 is 0. The second kappa shape index (κ2) is 7.02. The Morgan fingerprint density at radius 2 is 2.00 bits per heavy atom. The zero-order chi connectivity index (χ0) is 19.6. The summed E-state index contributed by atoms with van der Waals surface area (Å²) in [5.41, 5.74) is 0.627. The van der Waals surface area contributed by atoms with Gasteiger partial charge in [0.1, 0.15) is 5.60 Å². The fraction of sp³-hybridized carbons (Fsp3) is 0.278. The van der Waals surface area contributed by atoms with Gasteiger partial charge in [-0.15, -0.1) is 0 Å². The Bertz CT molecular complexity index is 969. The first-order valence-corrected chi connectivity index (χ1v) is 8.30. The van der Waals surface area contributed by atoms with E-state index in [1.807, 2.05) is 6.07 Å². The number of aromatic amines is 1. The monoisotopic (exact) mass is 368 g/mol. The molecule has 0 bridgehead atoms. The molecular weight excluding hydrogens is 348 g/mol. The molecule has 2 N–H and O–H groups in total. The van der Waals surface area contributed by atoms with Crippen LogP contribution in [0.4, 0.5) is 5.69 Å². The Kier molecular flexibility index (Phi) is 4.76. The average molecular weight is 368 g/mol. The van der Waals surface area contributed by atoms with Crippen molar-refractivity contribution in [3.8, 4) is 5.82 Å². The molecular formula is C18H20N6O3. The summed E-state index contributed by atoms with van der Waals surface area (Å²) in [5.74, 6) is -0.413. The maximum absolute atomic E-state index is 12.7. The van der Waals surface area contributed by atoms with Gasteiger partial charge in [0.15, 0.2) is 11.5 Å². The number of anilines is 1. The van der Waals surface area contributed by atoms with Crippen molar-refractivity contribution < 1.29 is 14.3 Å². The van der Waals surface area contributed by atoms with Crippen molar-refractivity contribution in [2.75, 3.05) is 5.32 Å². The zero-order valence-electron chi connectivity index (χ0n) is 15.5. The van der Waals surface area contributed by atoms with E-state index in [0.717, 1.165) is 0 Å². The van der Waals surface area contributed by atoms with Crippen LogP contribution in [0.1, 0.15) is 47.3 Å². The number of hydrogen-bond acceptors (Lipinski definition) is 6. The lowest BCUT2D eigenvalue weighted by Crippen LogP contribution is -2.25. The number of nitrogens with zero attached hydrogens (tertiary/aromatic N) is 4. The van der Waals surface area contributed by atoms with E-state index in [4.69, 9.17) is 4.74 Å². The van der Waals surface area contributed by atoms with Crippen molar-refractivity contribution in [3.05, 3.63) is 53.7 Å². The Balaban J connectivity index is 1.81. The Morgan fingerprint density at radius 1 is 1.22 bits per heavy atom. The smallest absolute Gasteiger partial charge is 0.359 e. The lowest BCUT2D eigenvalue weighted by molar-refractivity contribution is 0.00640. The van der Waals surface area contributed by atoms with Gasteiger partial charge in [-0.05, 0) is 39.8 Å². The fourth-order valence-corrected chi connectivity index (χ4v) is 2.40. The third-order valence-corrected chi connectivity index (χ3v) is 3.61. The van der Waals surface area contributed by atoms with E-state index in [9.17, 15) is 9.59 Å². The minimum absolute atomic E-state index is 0.0769. The van der Waals surface area contributed by atoms with Crippen LogP contribution in [0.15, 0.2) is 36.8 Å². The number of H-pyrrole nitrogens is 1. The molecule has 0 unspecified atom stereocenters. The summed E-state index contributed by atoms with van der Waals surface area (Å²) < 4.78 is 6.88. The van der Waals surface area contributed by atoms with Crippen LogP contribution in [-0.2, 0) is 4.74 Å². The molecule has 0 saturated heterocycles. The summed E-state index contributed by atoms with van der Waals surface area (Å²) in [6, 6.07) is 5.42. The summed E-state index contributed by atoms with van der Waals surface area (Å²) in [4.78, 5) is 29.1. The van der Waals surface area contributed by atoms with E-state index in [2.05, 4.69) is 25.6 Å². The Hall–Kier alpha value is -3.49. The van der Waals surface area contributed by atoms with Crippen LogP contribution in [0.25, 0.3) is 5.82 Å². The number of amides is 1. The number of rotatable bonds is 4. The predicted octanol–water partition coefficient (Wildman–Crippen LogP) is 2.51. The molecule has 0 spiro atoms. The molecule has 1 amide bonds. The van der Waals surface area contributed by atoms with E-state index >= 15 is 0 Å². The molecule has 0 saturated carbocycles. The van der Waals surface area contributed by atoms with Crippen molar-refractivity contribution >= 4 is 17.6 Å². The van der Waals surface area contributed by atoms with Gasteiger partial charge in [0.2, 0.25) is 0 Å². The summed E-state index contributed by atoms with van der Waals surface area (Å²) in [6.07, 6.45) is 4.46. The van der Waals surface area contributed by atoms with E-state index in [-0.39, 0.29) is 11.4 Å². The van der Waals surface area contributed by atoms with Crippen LogP contribution in [0.5, 0.6) is 0 Å². The molecule has 0 aliphatic rings. The number of nitrogens with one attached hydrogen (secondary N) is 2. The lowest BCUT2D eigenvalue weighted by atomic mass is 10.2. The maximum Gasteiger partial charge on any atom is 0.359 e. The molecule has 9 heteroatoms. The van der Waals surface area contributed by atoms with Crippen molar-refractivity contribution in [2.45, 2.75) is 33.3 Å². The Morgan fingerprint density at radius 3 is 2.67 bits per heavy atom. The molecule has 9 nitrogen and oxygen atoms in total. The first-order valence-electron chi connectivity index (χ1n) is 8.30. The van der Waals surface area contributed by atoms with E-state index < -0.39 is 17.5 Å². The zero-order valence-corrected chi connectivity index (χ0v) is 15.5. The molecule has 0 aliphatic carbocycles. The molecule has 0 aliphatic heterocycles. The van der Waals surface area contributed by atoms with Gasteiger partial charge in [-0.1, -0.05) is 6.07 Å². The van der Waals surface area contributed by atoms with E-state index in [0.29, 0.717) is 17.1 Å². The van der Waals surface area contributed by atoms with Crippen LogP contribution in [0.3, 0.4) is 0 Å². The minimum atomic E-state index is -0.663. The second-order valence-electron chi connectivity index (χ2n) is 6.86. The standard InChI is InChI=1S/C18H20N6O3/c1-11-12(9-21-24(11)14-7-5-6-8-19-14)16(25)22-13-10-20-23-15(13)17(26)27-18(2,3)4/h5-10H,1-4H3,(H,20,23)(H,22,25). The second-order valence-corrected chi connectivity index (χ2v) is 6.86. The average Bonchev–Trinajstić information content (AvgIpc) is 3.20. The maximum atomic E-state index is 12.7. The van der Waals surface area contributed by atoms with Crippen LogP contribution in [0.2, 0.25) is 0 Å². The number of carbonyl (C=O) groups is 2. The van der Waals surface area contributed by atoms with Gasteiger partial charge in [-0.3, -0.25) is 9.89 Å². The van der Waals surface area contributed by atoms with E-state index in [1.165, 1.54) is 12.4 Å². The molecule has 140 valence electrons. The summed E-state index contributed by atoms with van der Waals surface area (Å²) in [5, 5.41) is 13.3. The van der Waals surface area contributed by atoms with E-state index in [1.54, 1.807) is 50.7 Å². The third-order valence-electron chi connectivity index (χ3n) is 3.61. The number of ether oxygens (including phenoxy) is 1. The van der Waals surface area contributed by atoms with Gasteiger partial charge in [-0.25, -0.2) is 14.5 Å². The van der Waals surface area contributed by atoms with Crippen LogP contribution in [0, 0.1) is 6.92 Å². The van der Waals surface area contributed by atoms with Gasteiger partial charge in [0, 0.05) is 6.20 Å². The minimum Gasteiger partial charge on any atom is -0.455 e. The van der Waals surface area contributed by atoms with Crippen LogP contribution >= 0.6 is 0 Å². The molecule has 0 aromatic carbocycles. The molecule has 27 heavy (non-hydrogen) atoms. The molecule has 3 heterocycles. The molecule has 0 fully saturated rings. The highest BCUT2D eigenvalue weighted by atomic mass is 16.6. The normalized spacial score (nSPS) is 11.3. The highest BCUT2D eigenvalue weighted by molar-refractivity contribution is 6.07. The summed E-state index contributed by atoms with van der Waals surface area (Å²) in [7, 11) is 0. The molecule has 3 aromatic rings. The van der Waals surface area contributed by atoms with Crippen molar-refractivity contribution in [2.24, 2.45) is 0 Å². The third kappa shape index (κ3) is 4.02. The van der Waals surface area contributed by atoms with Crippen LogP contribution in [-0.4, -0.2) is 42.4 Å². The van der Waals surface area contributed by atoms with Crippen LogP contribution < -0.4 is 5.32 Å².